The molecule has 0 saturated heterocycles. The first-order valence-electron chi connectivity index (χ1n) is 4.71. The van der Waals surface area contributed by atoms with Gasteiger partial charge in [-0.2, -0.15) is 10.1 Å². The van der Waals surface area contributed by atoms with E-state index >= 15 is 0 Å². The lowest BCUT2D eigenvalue weighted by Gasteiger charge is -2.09. The number of hydrogen-bond acceptors (Lipinski definition) is 4. The van der Waals surface area contributed by atoms with Crippen molar-refractivity contribution in [2.45, 2.75) is 6.92 Å². The van der Waals surface area contributed by atoms with Crippen LogP contribution in [0.4, 0.5) is 4.79 Å². The van der Waals surface area contributed by atoms with Gasteiger partial charge in [0.05, 0.1) is 24.2 Å². The minimum atomic E-state index is -0.567. The highest BCUT2D eigenvalue weighted by Crippen LogP contribution is 2.08. The molecule has 7 heteroatoms. The summed E-state index contributed by atoms with van der Waals surface area (Å²) in [6.07, 6.45) is 3.80. The molecular weight excluding hydrogens is 212 g/mol. The number of aromatic amines is 2. The number of ether oxygens (including phenoxy) is 1. The van der Waals surface area contributed by atoms with E-state index in [0.717, 1.165) is 5.01 Å². The average Bonchev–Trinajstić information content (AvgIpc) is 2.48. The zero-order valence-electron chi connectivity index (χ0n) is 8.56. The summed E-state index contributed by atoms with van der Waals surface area (Å²) in [5.74, 6) is 0. The van der Waals surface area contributed by atoms with Gasteiger partial charge in [-0.25, -0.2) is 9.59 Å². The maximum absolute atomic E-state index is 11.3. The number of rotatable bonds is 1. The summed E-state index contributed by atoms with van der Waals surface area (Å²) < 4.78 is 4.78. The van der Waals surface area contributed by atoms with Crippen LogP contribution in [0.2, 0.25) is 0 Å². The Morgan fingerprint density at radius 2 is 2.25 bits per heavy atom. The Kier molecular flexibility index (Phi) is 2.59. The predicted octanol–water partition coefficient (Wildman–Crippen LogP) is 0.480. The molecule has 1 aliphatic rings. The van der Waals surface area contributed by atoms with E-state index in [1.165, 1.54) is 12.4 Å². The first-order chi connectivity index (χ1) is 7.70. The summed E-state index contributed by atoms with van der Waals surface area (Å²) >= 11 is 0. The molecule has 0 unspecified atom stereocenters. The van der Waals surface area contributed by atoms with E-state index in [1.54, 1.807) is 13.0 Å². The molecule has 0 aliphatic carbocycles. The molecule has 0 spiro atoms. The van der Waals surface area contributed by atoms with Crippen LogP contribution in [-0.2, 0) is 4.74 Å². The summed E-state index contributed by atoms with van der Waals surface area (Å²) in [6.45, 7) is 1.99. The standard InChI is InChI=1S/C9H10N4O3/c1-2-16-9(15)13-4-3-6-7(5-10-13)12-8(14)11-6/h3-5H,2H2,1H3,(H2,11,12,14). The highest BCUT2D eigenvalue weighted by Gasteiger charge is 2.13. The van der Waals surface area contributed by atoms with Crippen molar-refractivity contribution in [2.75, 3.05) is 6.61 Å². The van der Waals surface area contributed by atoms with Crippen molar-refractivity contribution in [3.05, 3.63) is 28.1 Å². The summed E-state index contributed by atoms with van der Waals surface area (Å²) in [5, 5.41) is 4.90. The largest absolute Gasteiger partial charge is 0.448 e. The van der Waals surface area contributed by atoms with Crippen molar-refractivity contribution in [3.8, 4) is 0 Å². The van der Waals surface area contributed by atoms with Gasteiger partial charge in [-0.3, -0.25) is 0 Å². The molecule has 0 fully saturated rings. The lowest BCUT2D eigenvalue weighted by atomic mass is 10.3. The number of fused-ring (bicyclic) bond motifs is 1. The Morgan fingerprint density at radius 3 is 3.00 bits per heavy atom. The normalized spacial score (nSPS) is 13.4. The number of nitrogens with one attached hydrogen (secondary N) is 2. The van der Waals surface area contributed by atoms with Gasteiger partial charge < -0.3 is 14.7 Å². The fourth-order valence-electron chi connectivity index (χ4n) is 1.24. The first-order valence-corrected chi connectivity index (χ1v) is 4.71. The van der Waals surface area contributed by atoms with Crippen molar-refractivity contribution in [1.29, 1.82) is 0 Å². The van der Waals surface area contributed by atoms with E-state index in [0.29, 0.717) is 11.4 Å². The number of hydrogen-bond donors (Lipinski definition) is 2. The van der Waals surface area contributed by atoms with Crippen molar-refractivity contribution in [3.63, 3.8) is 0 Å². The number of nitrogens with zero attached hydrogens (tertiary/aromatic N) is 2. The van der Waals surface area contributed by atoms with Crippen molar-refractivity contribution < 1.29 is 9.53 Å². The van der Waals surface area contributed by atoms with Gasteiger partial charge in [0.1, 0.15) is 0 Å². The predicted molar refractivity (Wildman–Crippen MR) is 56.9 cm³/mol. The summed E-state index contributed by atoms with van der Waals surface area (Å²) in [6, 6.07) is 0. The minimum Gasteiger partial charge on any atom is -0.448 e. The molecule has 0 aromatic carbocycles. The summed E-state index contributed by atoms with van der Waals surface area (Å²) in [5.41, 5.74) is 0.777. The second kappa shape index (κ2) is 4.05. The van der Waals surface area contributed by atoms with Crippen LogP contribution in [-0.4, -0.2) is 33.9 Å². The molecule has 16 heavy (non-hydrogen) atoms. The van der Waals surface area contributed by atoms with Gasteiger partial charge in [-0.05, 0) is 13.0 Å². The van der Waals surface area contributed by atoms with Crippen LogP contribution in [0.5, 0.6) is 0 Å². The Morgan fingerprint density at radius 1 is 1.50 bits per heavy atom. The quantitative estimate of drug-likeness (QED) is 0.724. The van der Waals surface area contributed by atoms with Gasteiger partial charge in [0.15, 0.2) is 0 Å². The summed E-state index contributed by atoms with van der Waals surface area (Å²) in [4.78, 5) is 27.4. The highest BCUT2D eigenvalue weighted by atomic mass is 16.6. The molecule has 1 amide bonds. The number of carbonyl (C=O) groups excluding carboxylic acids is 1. The number of H-pyrrole nitrogens is 2. The molecule has 2 rings (SSSR count). The second-order valence-electron chi connectivity index (χ2n) is 3.01. The third-order valence-electron chi connectivity index (χ3n) is 1.94. The van der Waals surface area contributed by atoms with Crippen LogP contribution in [0, 0.1) is 0 Å². The van der Waals surface area contributed by atoms with E-state index in [-0.39, 0.29) is 12.3 Å². The SMILES string of the molecule is CCOC(=O)N1C=Cc2[nH]c(=O)[nH]c2C=N1. The molecule has 0 atom stereocenters. The molecule has 0 saturated carbocycles. The van der Waals surface area contributed by atoms with Gasteiger partial charge in [0.25, 0.3) is 0 Å². The van der Waals surface area contributed by atoms with E-state index in [9.17, 15) is 9.59 Å². The van der Waals surface area contributed by atoms with E-state index in [4.69, 9.17) is 4.74 Å². The fraction of sp³-hybridized carbons (Fsp3) is 0.222. The highest BCUT2D eigenvalue weighted by molar-refractivity contribution is 5.84. The van der Waals surface area contributed by atoms with Gasteiger partial charge in [-0.1, -0.05) is 0 Å². The Bertz CT molecular complexity index is 477. The lowest BCUT2D eigenvalue weighted by Crippen LogP contribution is -2.21. The molecule has 84 valence electrons. The molecule has 0 bridgehead atoms. The van der Waals surface area contributed by atoms with E-state index in [1.807, 2.05) is 0 Å². The Labute approximate surface area is 90.4 Å². The van der Waals surface area contributed by atoms with Gasteiger partial charge >= 0.3 is 11.8 Å². The number of hydrazone groups is 1. The molecule has 1 aromatic heterocycles. The number of aromatic nitrogens is 2. The van der Waals surface area contributed by atoms with Crippen LogP contribution in [0.25, 0.3) is 6.08 Å². The van der Waals surface area contributed by atoms with Gasteiger partial charge in [-0.15, -0.1) is 0 Å². The van der Waals surface area contributed by atoms with Crippen LogP contribution in [0.15, 0.2) is 16.1 Å². The molecule has 2 N–H and O–H groups in total. The van der Waals surface area contributed by atoms with Crippen LogP contribution in [0.3, 0.4) is 0 Å². The topological polar surface area (TPSA) is 90.5 Å². The zero-order chi connectivity index (χ0) is 11.5. The number of carbonyl (C=O) groups is 1. The van der Waals surface area contributed by atoms with Crippen LogP contribution < -0.4 is 5.69 Å². The number of imidazole rings is 1. The monoisotopic (exact) mass is 222 g/mol. The Hall–Kier alpha value is -2.31. The average molecular weight is 222 g/mol. The smallest absolute Gasteiger partial charge is 0.434 e. The van der Waals surface area contributed by atoms with Crippen molar-refractivity contribution >= 4 is 18.4 Å². The second-order valence-corrected chi connectivity index (χ2v) is 3.01. The Balaban J connectivity index is 2.24. The van der Waals surface area contributed by atoms with E-state index < -0.39 is 6.09 Å². The zero-order valence-corrected chi connectivity index (χ0v) is 8.56. The molecule has 0 radical (unpaired) electrons. The third-order valence-corrected chi connectivity index (χ3v) is 1.94. The van der Waals surface area contributed by atoms with Crippen molar-refractivity contribution in [2.24, 2.45) is 5.10 Å². The minimum absolute atomic E-state index is 0.279. The maximum Gasteiger partial charge on any atom is 0.434 e. The van der Waals surface area contributed by atoms with Crippen LogP contribution in [0.1, 0.15) is 18.3 Å². The fourth-order valence-corrected chi connectivity index (χ4v) is 1.24. The first kappa shape index (κ1) is 10.2. The van der Waals surface area contributed by atoms with Crippen LogP contribution >= 0.6 is 0 Å². The van der Waals surface area contributed by atoms with Gasteiger partial charge in [0.2, 0.25) is 0 Å². The molecule has 1 aliphatic heterocycles. The molecular formula is C9H10N4O3. The summed E-state index contributed by atoms with van der Waals surface area (Å²) in [7, 11) is 0. The molecule has 2 heterocycles. The van der Waals surface area contributed by atoms with E-state index in [2.05, 4.69) is 15.1 Å². The third kappa shape index (κ3) is 1.88. The van der Waals surface area contributed by atoms with Crippen molar-refractivity contribution in [1.82, 2.24) is 15.0 Å². The van der Waals surface area contributed by atoms with Gasteiger partial charge in [0, 0.05) is 6.20 Å². The number of amides is 1. The maximum atomic E-state index is 11.3. The molecule has 1 aromatic rings. The lowest BCUT2D eigenvalue weighted by molar-refractivity contribution is 0.124. The molecule has 7 nitrogen and oxygen atoms in total.